The molecule has 0 saturated carbocycles. The zero-order valence-corrected chi connectivity index (χ0v) is 19.6. The van der Waals surface area contributed by atoms with Gasteiger partial charge in [-0.15, -0.1) is 0 Å². The third-order valence-corrected chi connectivity index (χ3v) is 6.22. The highest BCUT2D eigenvalue weighted by Crippen LogP contribution is 2.31. The highest BCUT2D eigenvalue weighted by molar-refractivity contribution is 5.77. The second-order valence-corrected chi connectivity index (χ2v) is 8.58. The second-order valence-electron chi connectivity index (χ2n) is 8.58. The van der Waals surface area contributed by atoms with Gasteiger partial charge in [0.2, 0.25) is 0 Å². The van der Waals surface area contributed by atoms with Crippen LogP contribution in [0.25, 0.3) is 56.2 Å². The quantitative estimate of drug-likeness (QED) is 0.260. The topological polar surface area (TPSA) is 38.7 Å². The van der Waals surface area contributed by atoms with Crippen LogP contribution in [0.15, 0.2) is 140 Å². The summed E-state index contributed by atoms with van der Waals surface area (Å²) in [5.74, 6) is 0. The lowest BCUT2D eigenvalue weighted by Crippen LogP contribution is -1.93. The fraction of sp³-hybridized carbons (Fsp3) is 0. The first-order valence-electron chi connectivity index (χ1n) is 11.9. The molecule has 3 aromatic heterocycles. The zero-order chi connectivity index (χ0) is 24.2. The summed E-state index contributed by atoms with van der Waals surface area (Å²) in [6.45, 7) is 0. The molecule has 3 aromatic carbocycles. The van der Waals surface area contributed by atoms with E-state index in [9.17, 15) is 0 Å². The van der Waals surface area contributed by atoms with E-state index in [1.54, 1.807) is 12.4 Å². The van der Waals surface area contributed by atoms with Gasteiger partial charge in [-0.3, -0.25) is 9.97 Å². The summed E-state index contributed by atoms with van der Waals surface area (Å²) in [6.07, 6.45) is 3.59. The summed E-state index contributed by atoms with van der Waals surface area (Å²) < 4.78 is 0. The molecule has 0 spiro atoms. The van der Waals surface area contributed by atoms with E-state index in [1.165, 1.54) is 22.3 Å². The van der Waals surface area contributed by atoms with E-state index in [-0.39, 0.29) is 0 Å². The molecule has 36 heavy (non-hydrogen) atoms. The van der Waals surface area contributed by atoms with Gasteiger partial charge in [-0.2, -0.15) is 0 Å². The largest absolute Gasteiger partial charge is 0.255 e. The molecular weight excluding hydrogens is 438 g/mol. The molecule has 6 aromatic rings. The maximum atomic E-state index is 4.87. The molecule has 3 nitrogen and oxygen atoms in total. The van der Waals surface area contributed by atoms with Gasteiger partial charge in [-0.05, 0) is 69.8 Å². The van der Waals surface area contributed by atoms with E-state index in [2.05, 4.69) is 94.9 Å². The Kier molecular flexibility index (Phi) is 5.87. The Hall–Kier alpha value is -4.89. The minimum Gasteiger partial charge on any atom is -0.255 e. The summed E-state index contributed by atoms with van der Waals surface area (Å²) in [5, 5.41) is 0. The van der Waals surface area contributed by atoms with Gasteiger partial charge >= 0.3 is 0 Å². The van der Waals surface area contributed by atoms with Gasteiger partial charge in [-0.25, -0.2) is 4.98 Å². The average Bonchev–Trinajstić information content (AvgIpc) is 2.98. The van der Waals surface area contributed by atoms with Crippen molar-refractivity contribution in [3.05, 3.63) is 140 Å². The fourth-order valence-corrected chi connectivity index (χ4v) is 4.33. The summed E-state index contributed by atoms with van der Waals surface area (Å²) in [4.78, 5) is 13.9. The molecular formula is C33H23N3. The van der Waals surface area contributed by atoms with Gasteiger partial charge < -0.3 is 0 Å². The van der Waals surface area contributed by atoms with Crippen molar-refractivity contribution in [2.24, 2.45) is 0 Å². The van der Waals surface area contributed by atoms with E-state index in [0.717, 1.165) is 33.9 Å². The first-order chi connectivity index (χ1) is 17.8. The van der Waals surface area contributed by atoms with Crippen molar-refractivity contribution in [2.45, 2.75) is 0 Å². The average molecular weight is 462 g/mol. The van der Waals surface area contributed by atoms with E-state index in [4.69, 9.17) is 4.98 Å². The third-order valence-electron chi connectivity index (χ3n) is 6.22. The van der Waals surface area contributed by atoms with Gasteiger partial charge in [0.15, 0.2) is 0 Å². The molecule has 0 aliphatic rings. The number of hydrogen-bond acceptors (Lipinski definition) is 3. The molecule has 0 amide bonds. The van der Waals surface area contributed by atoms with Gasteiger partial charge in [0.25, 0.3) is 0 Å². The Bertz CT molecular complexity index is 1520. The lowest BCUT2D eigenvalue weighted by atomic mass is 9.97. The monoisotopic (exact) mass is 461 g/mol. The minimum absolute atomic E-state index is 0.828. The Morgan fingerprint density at radius 3 is 1.11 bits per heavy atom. The van der Waals surface area contributed by atoms with E-state index < -0.39 is 0 Å². The Labute approximate surface area is 210 Å². The van der Waals surface area contributed by atoms with E-state index >= 15 is 0 Å². The highest BCUT2D eigenvalue weighted by atomic mass is 14.8. The lowest BCUT2D eigenvalue weighted by Gasteiger charge is -2.10. The minimum atomic E-state index is 0.828. The summed E-state index contributed by atoms with van der Waals surface area (Å²) in [7, 11) is 0. The number of benzene rings is 3. The van der Waals surface area contributed by atoms with Gasteiger partial charge in [0, 0.05) is 12.4 Å². The van der Waals surface area contributed by atoms with Crippen LogP contribution in [0.2, 0.25) is 0 Å². The Morgan fingerprint density at radius 1 is 0.306 bits per heavy atom. The molecule has 0 aliphatic carbocycles. The van der Waals surface area contributed by atoms with Crippen molar-refractivity contribution < 1.29 is 0 Å². The molecule has 3 heteroatoms. The van der Waals surface area contributed by atoms with Gasteiger partial charge in [0.1, 0.15) is 0 Å². The van der Waals surface area contributed by atoms with Crippen molar-refractivity contribution >= 4 is 0 Å². The van der Waals surface area contributed by atoms with Crippen LogP contribution in [0.5, 0.6) is 0 Å². The number of hydrogen-bond donors (Lipinski definition) is 0. The number of nitrogens with zero attached hydrogens (tertiary/aromatic N) is 3. The van der Waals surface area contributed by atoms with Gasteiger partial charge in [0.05, 0.1) is 22.8 Å². The van der Waals surface area contributed by atoms with Crippen LogP contribution >= 0.6 is 0 Å². The standard InChI is InChI=1S/C33H23N3/c1-2-8-24(9-3-1)25-12-14-26(15-13-25)27-16-18-28(19-17-27)29-22-32(30-10-4-6-20-34-30)36-33(23-29)31-11-5-7-21-35-31/h1-23H. The zero-order valence-electron chi connectivity index (χ0n) is 19.6. The summed E-state index contributed by atoms with van der Waals surface area (Å²) in [5.41, 5.74) is 10.4. The van der Waals surface area contributed by atoms with Crippen molar-refractivity contribution in [2.75, 3.05) is 0 Å². The predicted octanol–water partition coefficient (Wildman–Crippen LogP) is 8.21. The third kappa shape index (κ3) is 4.55. The van der Waals surface area contributed by atoms with Crippen LogP contribution in [-0.2, 0) is 0 Å². The molecule has 6 rings (SSSR count). The first-order valence-corrected chi connectivity index (χ1v) is 11.9. The van der Waals surface area contributed by atoms with Gasteiger partial charge in [-0.1, -0.05) is 91.0 Å². The maximum absolute atomic E-state index is 4.87. The highest BCUT2D eigenvalue weighted by Gasteiger charge is 2.10. The maximum Gasteiger partial charge on any atom is 0.0900 e. The fourth-order valence-electron chi connectivity index (χ4n) is 4.33. The molecule has 0 aliphatic heterocycles. The Balaban J connectivity index is 1.35. The van der Waals surface area contributed by atoms with Crippen molar-refractivity contribution in [1.29, 1.82) is 0 Å². The molecule has 0 atom stereocenters. The first kappa shape index (κ1) is 21.6. The number of aromatic nitrogens is 3. The lowest BCUT2D eigenvalue weighted by molar-refractivity contribution is 1.22. The van der Waals surface area contributed by atoms with Crippen LogP contribution in [-0.4, -0.2) is 15.0 Å². The van der Waals surface area contributed by atoms with Crippen LogP contribution in [0.3, 0.4) is 0 Å². The molecule has 170 valence electrons. The van der Waals surface area contributed by atoms with E-state index in [0.29, 0.717) is 0 Å². The van der Waals surface area contributed by atoms with Crippen LogP contribution in [0, 0.1) is 0 Å². The van der Waals surface area contributed by atoms with E-state index in [1.807, 2.05) is 42.5 Å². The predicted molar refractivity (Wildman–Crippen MR) is 147 cm³/mol. The van der Waals surface area contributed by atoms with Crippen LogP contribution < -0.4 is 0 Å². The number of rotatable bonds is 5. The van der Waals surface area contributed by atoms with Crippen molar-refractivity contribution in [1.82, 2.24) is 15.0 Å². The Morgan fingerprint density at radius 2 is 0.694 bits per heavy atom. The smallest absolute Gasteiger partial charge is 0.0900 e. The normalized spacial score (nSPS) is 10.8. The SMILES string of the molecule is c1ccc(-c2ccc(-c3ccc(-c4cc(-c5ccccn5)nc(-c5ccccn5)c4)cc3)cc2)cc1. The van der Waals surface area contributed by atoms with Crippen molar-refractivity contribution in [3.8, 4) is 56.2 Å². The van der Waals surface area contributed by atoms with Crippen molar-refractivity contribution in [3.63, 3.8) is 0 Å². The molecule has 0 radical (unpaired) electrons. The molecule has 0 bridgehead atoms. The molecule has 3 heterocycles. The van der Waals surface area contributed by atoms with Crippen LogP contribution in [0.4, 0.5) is 0 Å². The molecule has 0 unspecified atom stereocenters. The summed E-state index contributed by atoms with van der Waals surface area (Å²) in [6, 6.07) is 43.8. The molecule has 0 saturated heterocycles. The van der Waals surface area contributed by atoms with Crippen LogP contribution in [0.1, 0.15) is 0 Å². The molecule has 0 fully saturated rings. The second kappa shape index (κ2) is 9.77. The summed E-state index contributed by atoms with van der Waals surface area (Å²) >= 11 is 0. The molecule has 0 N–H and O–H groups in total. The number of pyridine rings is 3.